The molecule has 4 rings (SSSR count). The van der Waals surface area contributed by atoms with Crippen molar-refractivity contribution in [2.45, 2.75) is 48.5 Å². The first-order valence-corrected chi connectivity index (χ1v) is 15.3. The molecule has 0 saturated heterocycles. The lowest BCUT2D eigenvalue weighted by Gasteiger charge is -2.49. The highest BCUT2D eigenvalue weighted by molar-refractivity contribution is 6.01. The summed E-state index contributed by atoms with van der Waals surface area (Å²) in [5.74, 6) is -6.45. The van der Waals surface area contributed by atoms with Gasteiger partial charge in [-0.1, -0.05) is 24.3 Å². The Bertz CT molecular complexity index is 1150. The molecule has 268 valence electrons. The van der Waals surface area contributed by atoms with Gasteiger partial charge < -0.3 is 62.1 Å². The van der Waals surface area contributed by atoms with Gasteiger partial charge in [-0.15, -0.1) is 0 Å². The van der Waals surface area contributed by atoms with Gasteiger partial charge in [0, 0.05) is 39.0 Å². The van der Waals surface area contributed by atoms with Crippen LogP contribution in [0.4, 0.5) is 0 Å². The molecule has 0 aromatic heterocycles. The Morgan fingerprint density at radius 1 is 0.542 bits per heavy atom. The molecule has 1 aliphatic carbocycles. The predicted molar refractivity (Wildman–Crippen MR) is 162 cm³/mol. The van der Waals surface area contributed by atoms with E-state index in [0.29, 0.717) is 11.1 Å². The minimum atomic E-state index is -1.57. The van der Waals surface area contributed by atoms with Crippen molar-refractivity contribution < 1.29 is 69.8 Å². The van der Waals surface area contributed by atoms with Crippen LogP contribution < -0.4 is 21.3 Å². The van der Waals surface area contributed by atoms with Crippen molar-refractivity contribution in [3.63, 3.8) is 0 Å². The lowest BCUT2D eigenvalue weighted by molar-refractivity contribution is -0.426. The predicted octanol–water partition coefficient (Wildman–Crippen LogP) is -5.50. The Hall–Kier alpha value is -3.56. The molecular formula is C30H44N4O14. The minimum absolute atomic E-state index is 0.374. The molecule has 12 N–H and O–H groups in total. The lowest BCUT2D eigenvalue weighted by Crippen LogP contribution is -2.54. The van der Waals surface area contributed by atoms with Crippen molar-refractivity contribution in [3.8, 4) is 0 Å². The first-order chi connectivity index (χ1) is 22.8. The van der Waals surface area contributed by atoms with Gasteiger partial charge in [0.2, 0.25) is 23.6 Å². The maximum absolute atomic E-state index is 13.2. The molecular weight excluding hydrogens is 640 g/mol. The summed E-state index contributed by atoms with van der Waals surface area (Å²) in [4.78, 5) is 64.7. The molecule has 1 aromatic rings. The first kappa shape index (κ1) is 38.9. The highest BCUT2D eigenvalue weighted by Crippen LogP contribution is 2.53. The molecule has 48 heavy (non-hydrogen) atoms. The largest absolute Gasteiger partial charge is 0.394 e. The molecule has 0 saturated carbocycles. The number of hydrogen-bond donors (Lipinski definition) is 12. The summed E-state index contributed by atoms with van der Waals surface area (Å²) in [5, 5.41) is 85.0. The molecule has 6 atom stereocenters. The number of carbonyl (C=O) groups is 4. The van der Waals surface area contributed by atoms with Crippen molar-refractivity contribution >= 4 is 23.6 Å². The zero-order chi connectivity index (χ0) is 35.5. The van der Waals surface area contributed by atoms with Crippen LogP contribution in [0.5, 0.6) is 0 Å². The number of amides is 4. The zero-order valence-corrected chi connectivity index (χ0v) is 26.0. The standard InChI is InChI=1S/C30H44N4O14/c35-13-17(39)9-31-25(43)21(26(44)32-10-18(40)14-36)7-29-5-6-30(48-47-29,24-4-2-1-3-23(24)29)8-22(27(45)33-11-19(41)15-37)28(46)34-12-20(42)16-38/h1-6,17-22,35-42H,7-16H2,(H,31,43)(H,32,44)(H,33,45)(H,34,46)/t17?,18?,19?,20?,21?,22?,29-,30+. The minimum Gasteiger partial charge on any atom is -0.394 e. The number of nitrogens with one attached hydrogen (secondary N) is 4. The van der Waals surface area contributed by atoms with Gasteiger partial charge in [-0.3, -0.25) is 19.2 Å². The number of aliphatic hydroxyl groups is 8. The van der Waals surface area contributed by atoms with Crippen molar-refractivity contribution in [2.75, 3.05) is 52.6 Å². The molecule has 2 bridgehead atoms. The van der Waals surface area contributed by atoms with Gasteiger partial charge in [-0.25, -0.2) is 9.78 Å². The Balaban J connectivity index is 1.96. The Morgan fingerprint density at radius 2 is 0.812 bits per heavy atom. The summed E-state index contributed by atoms with van der Waals surface area (Å²) < 4.78 is 0. The smallest absolute Gasteiger partial charge is 0.232 e. The van der Waals surface area contributed by atoms with Gasteiger partial charge in [-0.2, -0.15) is 0 Å². The molecule has 0 fully saturated rings. The van der Waals surface area contributed by atoms with Gasteiger partial charge in [0.05, 0.1) is 50.8 Å². The van der Waals surface area contributed by atoms with Crippen LogP contribution in [0.25, 0.3) is 0 Å². The van der Waals surface area contributed by atoms with E-state index in [4.69, 9.17) is 30.2 Å². The van der Waals surface area contributed by atoms with Gasteiger partial charge >= 0.3 is 0 Å². The van der Waals surface area contributed by atoms with E-state index in [-0.39, 0.29) is 39.0 Å². The number of fused-ring (bicyclic) bond motifs is 1. The highest BCUT2D eigenvalue weighted by Gasteiger charge is 2.55. The maximum Gasteiger partial charge on any atom is 0.232 e. The van der Waals surface area contributed by atoms with E-state index in [9.17, 15) is 39.6 Å². The number of aliphatic hydroxyl groups excluding tert-OH is 8. The average Bonchev–Trinajstić information content (AvgIpc) is 3.11. The second-order valence-corrected chi connectivity index (χ2v) is 11.7. The van der Waals surface area contributed by atoms with Crippen LogP contribution in [0, 0.1) is 11.8 Å². The topological polar surface area (TPSA) is 297 Å². The Labute approximate surface area is 275 Å². The van der Waals surface area contributed by atoms with Gasteiger partial charge in [0.1, 0.15) is 23.0 Å². The normalized spacial score (nSPS) is 23.2. The summed E-state index contributed by atoms with van der Waals surface area (Å²) in [6.45, 7) is -4.13. The fourth-order valence-corrected chi connectivity index (χ4v) is 5.23. The van der Waals surface area contributed by atoms with Crippen molar-refractivity contribution in [3.05, 3.63) is 47.5 Å². The van der Waals surface area contributed by atoms with E-state index >= 15 is 0 Å². The van der Waals surface area contributed by atoms with Crippen molar-refractivity contribution in [2.24, 2.45) is 11.8 Å². The Morgan fingerprint density at radius 3 is 1.04 bits per heavy atom. The zero-order valence-electron chi connectivity index (χ0n) is 26.0. The van der Waals surface area contributed by atoms with E-state index in [1.54, 1.807) is 24.3 Å². The maximum atomic E-state index is 13.2. The van der Waals surface area contributed by atoms with Crippen LogP contribution in [0.1, 0.15) is 24.0 Å². The van der Waals surface area contributed by atoms with Gasteiger partial charge in [-0.05, 0) is 23.3 Å². The lowest BCUT2D eigenvalue weighted by atomic mass is 9.69. The number of benzene rings is 1. The van der Waals surface area contributed by atoms with Crippen LogP contribution in [-0.4, -0.2) is 142 Å². The summed E-state index contributed by atoms with van der Waals surface area (Å²) in [6, 6.07) is 6.58. The molecule has 2 heterocycles. The molecule has 18 heteroatoms. The molecule has 4 amide bonds. The van der Waals surface area contributed by atoms with E-state index in [0.717, 1.165) is 0 Å². The molecule has 3 aliphatic rings. The first-order valence-electron chi connectivity index (χ1n) is 15.3. The summed E-state index contributed by atoms with van der Waals surface area (Å²) in [5.41, 5.74) is -2.30. The number of carbonyl (C=O) groups excluding carboxylic acids is 4. The van der Waals surface area contributed by atoms with Crippen LogP contribution in [0.15, 0.2) is 36.4 Å². The SMILES string of the molecule is O=C(NCC(O)CO)C(C[C@@]12C=C[C@@](CC(C(=O)NCC(O)CO)C(=O)NCC(O)CO)(OO1)c1ccccc12)C(=O)NCC(O)CO. The molecule has 0 spiro atoms. The van der Waals surface area contributed by atoms with Crippen LogP contribution >= 0.6 is 0 Å². The monoisotopic (exact) mass is 684 g/mol. The number of rotatable bonds is 20. The van der Waals surface area contributed by atoms with Crippen LogP contribution in [0.3, 0.4) is 0 Å². The second kappa shape index (κ2) is 17.7. The third-order valence-electron chi connectivity index (χ3n) is 7.97. The molecule has 1 aromatic carbocycles. The van der Waals surface area contributed by atoms with E-state index < -0.39 is 97.5 Å². The van der Waals surface area contributed by atoms with Gasteiger partial charge in [0.15, 0.2) is 0 Å². The van der Waals surface area contributed by atoms with E-state index in [2.05, 4.69) is 21.3 Å². The quantitative estimate of drug-likeness (QED) is 0.0347. The molecule has 4 unspecified atom stereocenters. The third kappa shape index (κ3) is 9.53. The van der Waals surface area contributed by atoms with Crippen LogP contribution in [0.2, 0.25) is 0 Å². The van der Waals surface area contributed by atoms with Crippen molar-refractivity contribution in [1.82, 2.24) is 21.3 Å². The average molecular weight is 685 g/mol. The molecule has 0 radical (unpaired) electrons. The van der Waals surface area contributed by atoms with Crippen LogP contribution in [-0.2, 0) is 40.2 Å². The fraction of sp³-hybridized carbons (Fsp3) is 0.600. The highest BCUT2D eigenvalue weighted by atomic mass is 17.2. The summed E-state index contributed by atoms with van der Waals surface area (Å²) in [6.07, 6.45) is -2.96. The second-order valence-electron chi connectivity index (χ2n) is 11.7. The van der Waals surface area contributed by atoms with E-state index in [1.807, 2.05) is 0 Å². The molecule has 2 aliphatic heterocycles. The van der Waals surface area contributed by atoms with E-state index in [1.165, 1.54) is 12.2 Å². The fourth-order valence-electron chi connectivity index (χ4n) is 5.23. The number of hydrogen-bond acceptors (Lipinski definition) is 14. The van der Waals surface area contributed by atoms with Crippen molar-refractivity contribution in [1.29, 1.82) is 0 Å². The Kier molecular flexibility index (Phi) is 14.4. The molecule has 18 nitrogen and oxygen atoms in total. The third-order valence-corrected chi connectivity index (χ3v) is 7.97. The summed E-state index contributed by atoms with van der Waals surface area (Å²) >= 11 is 0. The summed E-state index contributed by atoms with van der Waals surface area (Å²) in [7, 11) is 0. The van der Waals surface area contributed by atoms with Gasteiger partial charge in [0.25, 0.3) is 0 Å².